The van der Waals surface area contributed by atoms with Crippen molar-refractivity contribution in [3.63, 3.8) is 0 Å². The molecular formula is C7H11BrN2S. The van der Waals surface area contributed by atoms with Gasteiger partial charge in [0.1, 0.15) is 4.60 Å². The first-order chi connectivity index (χ1) is 5.09. The van der Waals surface area contributed by atoms with Gasteiger partial charge in [-0.3, -0.25) is 0 Å². The van der Waals surface area contributed by atoms with Crippen LogP contribution >= 0.6 is 27.7 Å². The molecule has 1 rings (SSSR count). The fraction of sp³-hybridized carbons (Fsp3) is 0.571. The van der Waals surface area contributed by atoms with Crippen LogP contribution in [-0.4, -0.2) is 14.8 Å². The van der Waals surface area contributed by atoms with Crippen molar-refractivity contribution >= 4 is 27.7 Å². The number of thioether (sulfide) groups is 1. The molecule has 0 saturated carbocycles. The average molecular weight is 235 g/mol. The molecule has 0 N–H and O–H groups in total. The van der Waals surface area contributed by atoms with E-state index in [-0.39, 0.29) is 0 Å². The first kappa shape index (κ1) is 9.13. The molecule has 1 heterocycles. The summed E-state index contributed by atoms with van der Waals surface area (Å²) in [6.45, 7) is 4.32. The zero-order valence-electron chi connectivity index (χ0n) is 6.84. The van der Waals surface area contributed by atoms with Gasteiger partial charge in [-0.25, -0.2) is 4.98 Å². The van der Waals surface area contributed by atoms with Crippen LogP contribution in [-0.2, 0) is 7.05 Å². The van der Waals surface area contributed by atoms with E-state index in [1.165, 1.54) is 0 Å². The second-order valence-electron chi connectivity index (χ2n) is 2.62. The lowest BCUT2D eigenvalue weighted by atomic mass is 10.6. The van der Waals surface area contributed by atoms with E-state index >= 15 is 0 Å². The van der Waals surface area contributed by atoms with Gasteiger partial charge in [-0.05, 0) is 15.9 Å². The predicted molar refractivity (Wildman–Crippen MR) is 51.9 cm³/mol. The minimum Gasteiger partial charge on any atom is -0.328 e. The summed E-state index contributed by atoms with van der Waals surface area (Å²) in [6, 6.07) is 0. The average Bonchev–Trinajstić information content (AvgIpc) is 2.09. The first-order valence-electron chi connectivity index (χ1n) is 3.45. The molecule has 0 radical (unpaired) electrons. The zero-order valence-corrected chi connectivity index (χ0v) is 9.24. The Balaban J connectivity index is 2.77. The number of aromatic nitrogens is 2. The molecule has 0 atom stereocenters. The smallest absolute Gasteiger partial charge is 0.169 e. The highest BCUT2D eigenvalue weighted by molar-refractivity contribution is 9.10. The SMILES string of the molecule is CC(C)Sc1nc(Br)cn1C. The van der Waals surface area contributed by atoms with E-state index in [0.29, 0.717) is 5.25 Å². The fourth-order valence-electron chi connectivity index (χ4n) is 0.734. The molecule has 0 aromatic carbocycles. The van der Waals surface area contributed by atoms with Crippen LogP contribution in [0.4, 0.5) is 0 Å². The lowest BCUT2D eigenvalue weighted by Gasteiger charge is -2.02. The van der Waals surface area contributed by atoms with Gasteiger partial charge < -0.3 is 4.57 Å². The predicted octanol–water partition coefficient (Wildman–Crippen LogP) is 2.68. The summed E-state index contributed by atoms with van der Waals surface area (Å²) in [6.07, 6.45) is 1.96. The summed E-state index contributed by atoms with van der Waals surface area (Å²) >= 11 is 5.10. The van der Waals surface area contributed by atoms with Crippen LogP contribution in [0.3, 0.4) is 0 Å². The zero-order chi connectivity index (χ0) is 8.43. The highest BCUT2D eigenvalue weighted by Gasteiger charge is 2.05. The molecule has 0 amide bonds. The molecule has 1 aromatic rings. The lowest BCUT2D eigenvalue weighted by Crippen LogP contribution is -1.93. The van der Waals surface area contributed by atoms with Gasteiger partial charge in [0, 0.05) is 18.5 Å². The minimum atomic E-state index is 0.586. The molecule has 0 aliphatic heterocycles. The standard InChI is InChI=1S/C7H11BrN2S/c1-5(2)11-7-9-6(8)4-10(7)3/h4-5H,1-3H3. The van der Waals surface area contributed by atoms with Crippen LogP contribution in [0.15, 0.2) is 16.0 Å². The molecular weight excluding hydrogens is 224 g/mol. The Morgan fingerprint density at radius 3 is 2.64 bits per heavy atom. The Morgan fingerprint density at radius 1 is 1.64 bits per heavy atom. The van der Waals surface area contributed by atoms with Gasteiger partial charge in [0.25, 0.3) is 0 Å². The number of hydrogen-bond acceptors (Lipinski definition) is 2. The normalized spacial score (nSPS) is 11.0. The summed E-state index contributed by atoms with van der Waals surface area (Å²) < 4.78 is 2.93. The number of nitrogens with zero attached hydrogens (tertiary/aromatic N) is 2. The summed E-state index contributed by atoms with van der Waals surface area (Å²) in [4.78, 5) is 4.29. The number of hydrogen-bond donors (Lipinski definition) is 0. The molecule has 1 aromatic heterocycles. The number of imidazole rings is 1. The quantitative estimate of drug-likeness (QED) is 0.733. The van der Waals surface area contributed by atoms with Crippen molar-refractivity contribution in [1.29, 1.82) is 0 Å². The van der Waals surface area contributed by atoms with Crippen molar-refractivity contribution in [3.8, 4) is 0 Å². The lowest BCUT2D eigenvalue weighted by molar-refractivity contribution is 0.787. The maximum absolute atomic E-state index is 4.29. The molecule has 0 aliphatic rings. The molecule has 0 fully saturated rings. The Morgan fingerprint density at radius 2 is 2.27 bits per heavy atom. The summed E-state index contributed by atoms with van der Waals surface area (Å²) in [7, 11) is 2.00. The second-order valence-corrected chi connectivity index (χ2v) is 4.98. The molecule has 0 spiro atoms. The minimum absolute atomic E-state index is 0.586. The molecule has 0 unspecified atom stereocenters. The Hall–Kier alpha value is 0.0400. The van der Waals surface area contributed by atoms with E-state index in [1.807, 2.05) is 17.8 Å². The maximum Gasteiger partial charge on any atom is 0.169 e. The van der Waals surface area contributed by atoms with Gasteiger partial charge >= 0.3 is 0 Å². The van der Waals surface area contributed by atoms with Crippen LogP contribution < -0.4 is 0 Å². The van der Waals surface area contributed by atoms with Gasteiger partial charge in [0.15, 0.2) is 5.16 Å². The highest BCUT2D eigenvalue weighted by Crippen LogP contribution is 2.22. The van der Waals surface area contributed by atoms with E-state index in [1.54, 1.807) is 11.8 Å². The first-order valence-corrected chi connectivity index (χ1v) is 5.12. The van der Waals surface area contributed by atoms with Crippen LogP contribution in [0.1, 0.15) is 13.8 Å². The third-order valence-corrected chi connectivity index (χ3v) is 2.59. The van der Waals surface area contributed by atoms with Crippen molar-refractivity contribution in [1.82, 2.24) is 9.55 Å². The van der Waals surface area contributed by atoms with E-state index in [2.05, 4.69) is 34.8 Å². The van der Waals surface area contributed by atoms with Gasteiger partial charge in [0.2, 0.25) is 0 Å². The van der Waals surface area contributed by atoms with Crippen molar-refractivity contribution in [2.24, 2.45) is 7.05 Å². The second kappa shape index (κ2) is 3.63. The summed E-state index contributed by atoms with van der Waals surface area (Å²) in [5, 5.41) is 1.65. The van der Waals surface area contributed by atoms with E-state index in [0.717, 1.165) is 9.76 Å². The van der Waals surface area contributed by atoms with Gasteiger partial charge in [-0.1, -0.05) is 25.6 Å². The highest BCUT2D eigenvalue weighted by atomic mass is 79.9. The topological polar surface area (TPSA) is 17.8 Å². The van der Waals surface area contributed by atoms with Crippen LogP contribution in [0, 0.1) is 0 Å². The third-order valence-electron chi connectivity index (χ3n) is 1.15. The summed E-state index contributed by atoms with van der Waals surface area (Å²) in [5.74, 6) is 0. The Bertz CT molecular complexity index is 245. The van der Waals surface area contributed by atoms with Crippen LogP contribution in [0.25, 0.3) is 0 Å². The van der Waals surface area contributed by atoms with E-state index in [9.17, 15) is 0 Å². The monoisotopic (exact) mass is 234 g/mol. The van der Waals surface area contributed by atoms with Gasteiger partial charge in [-0.15, -0.1) is 0 Å². The maximum atomic E-state index is 4.29. The Kier molecular flexibility index (Phi) is 3.01. The molecule has 4 heteroatoms. The van der Waals surface area contributed by atoms with Crippen molar-refractivity contribution in [2.45, 2.75) is 24.3 Å². The van der Waals surface area contributed by atoms with Gasteiger partial charge in [0.05, 0.1) is 0 Å². The summed E-state index contributed by atoms with van der Waals surface area (Å²) in [5.41, 5.74) is 0. The van der Waals surface area contributed by atoms with E-state index in [4.69, 9.17) is 0 Å². The number of rotatable bonds is 2. The fourth-order valence-corrected chi connectivity index (χ4v) is 2.12. The largest absolute Gasteiger partial charge is 0.328 e. The molecule has 2 nitrogen and oxygen atoms in total. The molecule has 62 valence electrons. The molecule has 0 aliphatic carbocycles. The van der Waals surface area contributed by atoms with Gasteiger partial charge in [-0.2, -0.15) is 0 Å². The number of halogens is 1. The molecule has 0 saturated heterocycles. The molecule has 11 heavy (non-hydrogen) atoms. The third kappa shape index (κ3) is 2.52. The van der Waals surface area contributed by atoms with E-state index < -0.39 is 0 Å². The Labute approximate surface area is 79.5 Å². The van der Waals surface area contributed by atoms with Crippen LogP contribution in [0.2, 0.25) is 0 Å². The number of aryl methyl sites for hydroxylation is 1. The van der Waals surface area contributed by atoms with Crippen molar-refractivity contribution in [3.05, 3.63) is 10.8 Å². The van der Waals surface area contributed by atoms with Crippen LogP contribution in [0.5, 0.6) is 0 Å². The van der Waals surface area contributed by atoms with Crippen molar-refractivity contribution in [2.75, 3.05) is 0 Å². The van der Waals surface area contributed by atoms with Crippen molar-refractivity contribution < 1.29 is 0 Å². The molecule has 0 bridgehead atoms.